The molecule has 0 spiro atoms. The number of aromatic hydroxyl groups is 1. The summed E-state index contributed by atoms with van der Waals surface area (Å²) in [4.78, 5) is 0. The van der Waals surface area contributed by atoms with Gasteiger partial charge in [0.1, 0.15) is 18.5 Å². The topological polar surface area (TPSA) is 40.5 Å². The number of aliphatic hydroxyl groups is 1. The van der Waals surface area contributed by atoms with Gasteiger partial charge in [0.15, 0.2) is 0 Å². The van der Waals surface area contributed by atoms with Crippen LogP contribution < -0.4 is 0 Å². The zero-order chi connectivity index (χ0) is 10.8. The van der Waals surface area contributed by atoms with Crippen LogP contribution in [-0.4, -0.2) is 16.9 Å². The van der Waals surface area contributed by atoms with Gasteiger partial charge >= 0.3 is 0 Å². The van der Waals surface area contributed by atoms with E-state index in [0.29, 0.717) is 5.39 Å². The molecule has 2 aromatic rings. The van der Waals surface area contributed by atoms with E-state index in [-0.39, 0.29) is 11.3 Å². The van der Waals surface area contributed by atoms with Crippen molar-refractivity contribution in [2.45, 2.75) is 6.10 Å². The first-order chi connectivity index (χ1) is 7.24. The summed E-state index contributed by atoms with van der Waals surface area (Å²) in [6.45, 7) is -0.901. The lowest BCUT2D eigenvalue weighted by Gasteiger charge is -2.12. The first-order valence-electron chi connectivity index (χ1n) is 4.68. The summed E-state index contributed by atoms with van der Waals surface area (Å²) in [5.41, 5.74) is 0.260. The van der Waals surface area contributed by atoms with Crippen molar-refractivity contribution in [3.05, 3.63) is 42.0 Å². The van der Waals surface area contributed by atoms with Gasteiger partial charge in [0.25, 0.3) is 0 Å². The molecule has 1 atom stereocenters. The molecule has 0 saturated carbocycles. The molecule has 2 rings (SSSR count). The fourth-order valence-electron chi connectivity index (χ4n) is 1.71. The molecule has 15 heavy (non-hydrogen) atoms. The van der Waals surface area contributed by atoms with Crippen LogP contribution >= 0.6 is 0 Å². The second kappa shape index (κ2) is 3.87. The SMILES string of the molecule is Oc1ccc2ccccc2c1C(O)CF. The smallest absolute Gasteiger partial charge is 0.122 e. The second-order valence-corrected chi connectivity index (χ2v) is 3.39. The second-order valence-electron chi connectivity index (χ2n) is 3.39. The van der Waals surface area contributed by atoms with Crippen molar-refractivity contribution < 1.29 is 14.6 Å². The van der Waals surface area contributed by atoms with E-state index < -0.39 is 12.8 Å². The Bertz CT molecular complexity index is 482. The molecule has 0 aliphatic carbocycles. The van der Waals surface area contributed by atoms with E-state index in [1.165, 1.54) is 6.07 Å². The van der Waals surface area contributed by atoms with E-state index in [2.05, 4.69) is 0 Å². The van der Waals surface area contributed by atoms with Gasteiger partial charge in [-0.1, -0.05) is 30.3 Å². The lowest BCUT2D eigenvalue weighted by molar-refractivity contribution is 0.140. The largest absolute Gasteiger partial charge is 0.508 e. The van der Waals surface area contributed by atoms with Crippen LogP contribution in [0.3, 0.4) is 0 Å². The van der Waals surface area contributed by atoms with Crippen LogP contribution in [-0.2, 0) is 0 Å². The van der Waals surface area contributed by atoms with Crippen LogP contribution in [0.5, 0.6) is 5.75 Å². The van der Waals surface area contributed by atoms with Crippen LogP contribution in [0.1, 0.15) is 11.7 Å². The number of hydrogen-bond acceptors (Lipinski definition) is 2. The third-order valence-electron chi connectivity index (χ3n) is 2.43. The van der Waals surface area contributed by atoms with Gasteiger partial charge in [-0.25, -0.2) is 4.39 Å². The average Bonchev–Trinajstić information content (AvgIpc) is 2.28. The zero-order valence-corrected chi connectivity index (χ0v) is 8.02. The molecule has 0 fully saturated rings. The molecule has 78 valence electrons. The number of rotatable bonds is 2. The highest BCUT2D eigenvalue weighted by molar-refractivity contribution is 5.88. The number of phenolic OH excluding ortho intramolecular Hbond substituents is 1. The van der Waals surface area contributed by atoms with E-state index in [4.69, 9.17) is 0 Å². The van der Waals surface area contributed by atoms with E-state index in [1.54, 1.807) is 18.2 Å². The summed E-state index contributed by atoms with van der Waals surface area (Å²) in [5, 5.41) is 20.6. The number of halogens is 1. The number of benzene rings is 2. The summed E-state index contributed by atoms with van der Waals surface area (Å²) in [5.74, 6) is -0.0705. The highest BCUT2D eigenvalue weighted by atomic mass is 19.1. The molecule has 1 unspecified atom stereocenters. The summed E-state index contributed by atoms with van der Waals surface area (Å²) in [6, 6.07) is 10.4. The van der Waals surface area contributed by atoms with Gasteiger partial charge in [-0.05, 0) is 16.8 Å². The molecular formula is C12H11FO2. The monoisotopic (exact) mass is 206 g/mol. The third kappa shape index (κ3) is 1.66. The molecule has 0 radical (unpaired) electrons. The Morgan fingerprint density at radius 2 is 1.87 bits per heavy atom. The maximum Gasteiger partial charge on any atom is 0.122 e. The van der Waals surface area contributed by atoms with E-state index in [9.17, 15) is 14.6 Å². The Morgan fingerprint density at radius 1 is 1.13 bits per heavy atom. The van der Waals surface area contributed by atoms with Crippen molar-refractivity contribution >= 4 is 10.8 Å². The fraction of sp³-hybridized carbons (Fsp3) is 0.167. The normalized spacial score (nSPS) is 12.9. The van der Waals surface area contributed by atoms with Crippen molar-refractivity contribution in [1.29, 1.82) is 0 Å². The Kier molecular flexibility index (Phi) is 2.56. The average molecular weight is 206 g/mol. The van der Waals surface area contributed by atoms with Crippen molar-refractivity contribution in [3.63, 3.8) is 0 Å². The quantitative estimate of drug-likeness (QED) is 0.792. The van der Waals surface area contributed by atoms with E-state index in [0.717, 1.165) is 5.39 Å². The van der Waals surface area contributed by atoms with Crippen molar-refractivity contribution in [2.24, 2.45) is 0 Å². The molecule has 0 heterocycles. The first-order valence-corrected chi connectivity index (χ1v) is 4.68. The summed E-state index contributed by atoms with van der Waals surface area (Å²) < 4.78 is 12.4. The van der Waals surface area contributed by atoms with Crippen LogP contribution in [0.15, 0.2) is 36.4 Å². The molecule has 2 N–H and O–H groups in total. The number of alkyl halides is 1. The van der Waals surface area contributed by atoms with Crippen molar-refractivity contribution in [1.82, 2.24) is 0 Å². The Hall–Kier alpha value is -1.61. The molecule has 2 aromatic carbocycles. The van der Waals surface area contributed by atoms with Gasteiger partial charge in [0.2, 0.25) is 0 Å². The van der Waals surface area contributed by atoms with Gasteiger partial charge in [0, 0.05) is 5.56 Å². The van der Waals surface area contributed by atoms with Gasteiger partial charge < -0.3 is 10.2 Å². The molecule has 0 aliphatic rings. The lowest BCUT2D eigenvalue weighted by atomic mass is 10.00. The number of fused-ring (bicyclic) bond motifs is 1. The summed E-state index contributed by atoms with van der Waals surface area (Å²) in [6.07, 6.45) is -1.27. The molecule has 0 aromatic heterocycles. The number of phenols is 1. The van der Waals surface area contributed by atoms with Gasteiger partial charge in [-0.15, -0.1) is 0 Å². The van der Waals surface area contributed by atoms with E-state index in [1.807, 2.05) is 12.1 Å². The van der Waals surface area contributed by atoms with E-state index >= 15 is 0 Å². The predicted molar refractivity (Wildman–Crippen MR) is 56.5 cm³/mol. The first kappa shape index (κ1) is 9.93. The standard InChI is InChI=1S/C12H11FO2/c13-7-11(15)12-9-4-2-1-3-8(9)5-6-10(12)14/h1-6,11,14-15H,7H2. The Morgan fingerprint density at radius 3 is 2.60 bits per heavy atom. The zero-order valence-electron chi connectivity index (χ0n) is 8.02. The lowest BCUT2D eigenvalue weighted by Crippen LogP contribution is -2.00. The molecular weight excluding hydrogens is 195 g/mol. The summed E-state index contributed by atoms with van der Waals surface area (Å²) in [7, 11) is 0. The third-order valence-corrected chi connectivity index (χ3v) is 2.43. The molecule has 0 saturated heterocycles. The molecule has 0 aliphatic heterocycles. The fourth-order valence-corrected chi connectivity index (χ4v) is 1.71. The molecule has 0 bridgehead atoms. The highest BCUT2D eigenvalue weighted by Crippen LogP contribution is 2.32. The van der Waals surface area contributed by atoms with Gasteiger partial charge in [-0.2, -0.15) is 0 Å². The molecule has 2 nitrogen and oxygen atoms in total. The Balaban J connectivity index is 2.74. The van der Waals surface area contributed by atoms with Crippen LogP contribution in [0.25, 0.3) is 10.8 Å². The van der Waals surface area contributed by atoms with Gasteiger partial charge in [0.05, 0.1) is 0 Å². The van der Waals surface area contributed by atoms with Crippen molar-refractivity contribution in [2.75, 3.05) is 6.67 Å². The maximum atomic E-state index is 12.4. The van der Waals surface area contributed by atoms with Crippen LogP contribution in [0.2, 0.25) is 0 Å². The number of aliphatic hydroxyl groups excluding tert-OH is 1. The minimum Gasteiger partial charge on any atom is -0.508 e. The minimum atomic E-state index is -1.27. The Labute approximate surface area is 86.6 Å². The minimum absolute atomic E-state index is 0.0705. The van der Waals surface area contributed by atoms with Crippen LogP contribution in [0, 0.1) is 0 Å². The van der Waals surface area contributed by atoms with Gasteiger partial charge in [-0.3, -0.25) is 0 Å². The molecule has 3 heteroatoms. The molecule has 0 amide bonds. The van der Waals surface area contributed by atoms with Crippen LogP contribution in [0.4, 0.5) is 4.39 Å². The number of hydrogen-bond donors (Lipinski definition) is 2. The summed E-state index contributed by atoms with van der Waals surface area (Å²) >= 11 is 0. The predicted octanol–water partition coefficient (Wildman–Crippen LogP) is 2.55. The highest BCUT2D eigenvalue weighted by Gasteiger charge is 2.15. The maximum absolute atomic E-state index is 12.4. The van der Waals surface area contributed by atoms with Crippen molar-refractivity contribution in [3.8, 4) is 5.75 Å².